The van der Waals surface area contributed by atoms with Crippen LogP contribution in [0.3, 0.4) is 0 Å². The second kappa shape index (κ2) is 10.8. The monoisotopic (exact) mass is 439 g/mol. The molecule has 6 nitrogen and oxygen atoms in total. The molecule has 0 bridgehead atoms. The molecular formula is C24H26ClN3O3. The third-order valence-corrected chi connectivity index (χ3v) is 5.40. The topological polar surface area (TPSA) is 68.4 Å². The molecule has 1 heterocycles. The van der Waals surface area contributed by atoms with Crippen LogP contribution in [0.5, 0.6) is 0 Å². The van der Waals surface area contributed by atoms with Crippen LogP contribution in [-0.4, -0.2) is 26.8 Å². The first-order valence-corrected chi connectivity index (χ1v) is 10.8. The molecule has 0 unspecified atom stereocenters. The van der Waals surface area contributed by atoms with Gasteiger partial charge in [0.15, 0.2) is 0 Å². The molecule has 0 aliphatic heterocycles. The van der Waals surface area contributed by atoms with Gasteiger partial charge in [-0.2, -0.15) is 0 Å². The number of hydrogen-bond donors (Lipinski definition) is 0. The van der Waals surface area contributed by atoms with E-state index in [4.69, 9.17) is 11.6 Å². The molecule has 0 aliphatic rings. The summed E-state index contributed by atoms with van der Waals surface area (Å²) >= 11 is 6.12. The van der Waals surface area contributed by atoms with Gasteiger partial charge >= 0.3 is 0 Å². The van der Waals surface area contributed by atoms with Crippen LogP contribution in [-0.2, 0) is 13.1 Å². The van der Waals surface area contributed by atoms with E-state index in [0.717, 1.165) is 30.5 Å². The van der Waals surface area contributed by atoms with Crippen molar-refractivity contribution in [3.63, 3.8) is 0 Å². The molecule has 31 heavy (non-hydrogen) atoms. The Bertz CT molecular complexity index is 1030. The number of nitro groups is 1. The van der Waals surface area contributed by atoms with Crippen molar-refractivity contribution in [3.8, 4) is 0 Å². The summed E-state index contributed by atoms with van der Waals surface area (Å²) in [6.45, 7) is 3.88. The van der Waals surface area contributed by atoms with E-state index in [-0.39, 0.29) is 11.6 Å². The number of halogens is 1. The van der Waals surface area contributed by atoms with Crippen LogP contribution in [0.1, 0.15) is 47.8 Å². The Hall–Kier alpha value is -3.12. The van der Waals surface area contributed by atoms with Crippen LogP contribution in [0.2, 0.25) is 5.02 Å². The van der Waals surface area contributed by atoms with E-state index < -0.39 is 4.92 Å². The lowest BCUT2D eigenvalue weighted by Crippen LogP contribution is -2.32. The van der Waals surface area contributed by atoms with E-state index in [2.05, 4.69) is 11.5 Å². The highest BCUT2D eigenvalue weighted by Crippen LogP contribution is 2.18. The summed E-state index contributed by atoms with van der Waals surface area (Å²) < 4.78 is 2.11. The molecule has 0 spiro atoms. The Labute approximate surface area is 187 Å². The van der Waals surface area contributed by atoms with Crippen LogP contribution in [0.4, 0.5) is 5.69 Å². The van der Waals surface area contributed by atoms with Crippen LogP contribution in [0.25, 0.3) is 0 Å². The number of amides is 1. The minimum Gasteiger partial charge on any atom is -0.345 e. The Balaban J connectivity index is 1.79. The smallest absolute Gasteiger partial charge is 0.269 e. The number of hydrogen-bond acceptors (Lipinski definition) is 3. The average molecular weight is 440 g/mol. The summed E-state index contributed by atoms with van der Waals surface area (Å²) in [6, 6.07) is 17.5. The fourth-order valence-corrected chi connectivity index (χ4v) is 3.70. The highest BCUT2D eigenvalue weighted by atomic mass is 35.5. The highest BCUT2D eigenvalue weighted by Gasteiger charge is 2.18. The summed E-state index contributed by atoms with van der Waals surface area (Å²) in [5, 5.41) is 11.6. The number of non-ortho nitro benzene ring substituents is 1. The summed E-state index contributed by atoms with van der Waals surface area (Å²) in [4.78, 5) is 25.5. The van der Waals surface area contributed by atoms with E-state index >= 15 is 0 Å². The molecule has 0 atom stereocenters. The molecule has 0 N–H and O–H groups in total. The number of nitrogens with zero attached hydrogens (tertiary/aromatic N) is 3. The molecule has 2 aromatic carbocycles. The average Bonchev–Trinajstić information content (AvgIpc) is 3.19. The van der Waals surface area contributed by atoms with Crippen molar-refractivity contribution in [3.05, 3.63) is 98.8 Å². The van der Waals surface area contributed by atoms with Gasteiger partial charge in [-0.15, -0.1) is 0 Å². The van der Waals surface area contributed by atoms with Crippen molar-refractivity contribution < 1.29 is 9.72 Å². The summed E-state index contributed by atoms with van der Waals surface area (Å²) in [6.07, 6.45) is 5.00. The molecule has 0 radical (unpaired) electrons. The Morgan fingerprint density at radius 2 is 1.87 bits per heavy atom. The second-order valence-corrected chi connectivity index (χ2v) is 7.93. The number of unbranched alkanes of at least 4 members (excludes halogenated alkanes) is 2. The molecule has 0 saturated carbocycles. The van der Waals surface area contributed by atoms with Crippen molar-refractivity contribution in [1.82, 2.24) is 9.47 Å². The normalized spacial score (nSPS) is 10.8. The maximum absolute atomic E-state index is 13.2. The molecule has 1 amide bonds. The first-order chi connectivity index (χ1) is 15.0. The quantitative estimate of drug-likeness (QED) is 0.223. The van der Waals surface area contributed by atoms with Crippen molar-refractivity contribution in [2.24, 2.45) is 0 Å². The Morgan fingerprint density at radius 1 is 1.10 bits per heavy atom. The van der Waals surface area contributed by atoms with Crippen molar-refractivity contribution in [2.45, 2.75) is 39.3 Å². The van der Waals surface area contributed by atoms with Crippen LogP contribution in [0, 0.1) is 10.1 Å². The molecule has 0 aliphatic carbocycles. The maximum atomic E-state index is 13.2. The van der Waals surface area contributed by atoms with Crippen LogP contribution >= 0.6 is 11.6 Å². The van der Waals surface area contributed by atoms with Gasteiger partial charge in [0, 0.05) is 47.7 Å². The van der Waals surface area contributed by atoms with Gasteiger partial charge in [0.05, 0.1) is 11.5 Å². The molecule has 0 saturated heterocycles. The van der Waals surface area contributed by atoms with E-state index in [0.29, 0.717) is 30.2 Å². The van der Waals surface area contributed by atoms with Gasteiger partial charge in [-0.1, -0.05) is 43.5 Å². The first-order valence-electron chi connectivity index (χ1n) is 10.4. The van der Waals surface area contributed by atoms with Gasteiger partial charge in [0.2, 0.25) is 0 Å². The lowest BCUT2D eigenvalue weighted by molar-refractivity contribution is -0.384. The van der Waals surface area contributed by atoms with Crippen LogP contribution in [0.15, 0.2) is 66.9 Å². The minimum absolute atomic E-state index is 0.0236. The van der Waals surface area contributed by atoms with Crippen molar-refractivity contribution in [2.75, 3.05) is 6.54 Å². The molecule has 3 rings (SSSR count). The van der Waals surface area contributed by atoms with Gasteiger partial charge in [0.1, 0.15) is 0 Å². The highest BCUT2D eigenvalue weighted by molar-refractivity contribution is 6.30. The molecule has 3 aromatic rings. The molecule has 162 valence electrons. The lowest BCUT2D eigenvalue weighted by Gasteiger charge is -2.24. The maximum Gasteiger partial charge on any atom is 0.269 e. The van der Waals surface area contributed by atoms with Crippen LogP contribution < -0.4 is 0 Å². The van der Waals surface area contributed by atoms with Crippen molar-refractivity contribution in [1.29, 1.82) is 0 Å². The molecule has 7 heteroatoms. The molecule has 0 fully saturated rings. The Morgan fingerprint density at radius 3 is 2.55 bits per heavy atom. The van der Waals surface area contributed by atoms with Gasteiger partial charge in [0.25, 0.3) is 11.6 Å². The summed E-state index contributed by atoms with van der Waals surface area (Å²) in [7, 11) is 0. The molecular weight excluding hydrogens is 414 g/mol. The molecule has 1 aromatic heterocycles. The second-order valence-electron chi connectivity index (χ2n) is 7.50. The van der Waals surface area contributed by atoms with Gasteiger partial charge in [-0.05, 0) is 48.4 Å². The zero-order valence-corrected chi connectivity index (χ0v) is 18.3. The number of benzene rings is 2. The number of carbonyl (C=O) groups excluding carboxylic acids is 1. The predicted octanol–water partition coefficient (Wildman–Crippen LogP) is 5.93. The summed E-state index contributed by atoms with van der Waals surface area (Å²) in [5.41, 5.74) is 2.54. The van der Waals surface area contributed by atoms with E-state index in [1.165, 1.54) is 24.3 Å². The standard InChI is InChI=1S/C24H26ClN3O3/c1-2-3-4-14-27(24(29)20-10-12-22(13-11-20)28(30)31)18-23-9-6-15-26(23)17-19-7-5-8-21(25)16-19/h5-13,15-16H,2-4,14,17-18H2,1H3. The zero-order chi connectivity index (χ0) is 22.2. The number of carbonyl (C=O) groups is 1. The number of rotatable bonds is 10. The first kappa shape index (κ1) is 22.6. The fourth-order valence-electron chi connectivity index (χ4n) is 3.49. The largest absolute Gasteiger partial charge is 0.345 e. The SMILES string of the molecule is CCCCCN(Cc1cccn1Cc1cccc(Cl)c1)C(=O)c1ccc([N+](=O)[O-])cc1. The number of aromatic nitrogens is 1. The third kappa shape index (κ3) is 6.18. The minimum atomic E-state index is -0.462. The van der Waals surface area contributed by atoms with E-state index in [1.807, 2.05) is 47.5 Å². The zero-order valence-electron chi connectivity index (χ0n) is 17.5. The Kier molecular flexibility index (Phi) is 7.84. The predicted molar refractivity (Wildman–Crippen MR) is 122 cm³/mol. The lowest BCUT2D eigenvalue weighted by atomic mass is 10.1. The van der Waals surface area contributed by atoms with Gasteiger partial charge in [-0.3, -0.25) is 14.9 Å². The number of nitro benzene ring substituents is 1. The van der Waals surface area contributed by atoms with E-state index in [9.17, 15) is 14.9 Å². The van der Waals surface area contributed by atoms with Gasteiger partial charge < -0.3 is 9.47 Å². The van der Waals surface area contributed by atoms with E-state index in [1.54, 1.807) is 0 Å². The third-order valence-electron chi connectivity index (χ3n) is 5.16. The van der Waals surface area contributed by atoms with Crippen molar-refractivity contribution >= 4 is 23.2 Å². The fraction of sp³-hybridized carbons (Fsp3) is 0.292. The summed E-state index contributed by atoms with van der Waals surface area (Å²) in [5.74, 6) is -0.124. The van der Waals surface area contributed by atoms with Gasteiger partial charge in [-0.25, -0.2) is 0 Å².